The summed E-state index contributed by atoms with van der Waals surface area (Å²) in [4.78, 5) is 15.8. The maximum atomic E-state index is 11.8. The first-order valence-electron chi connectivity index (χ1n) is 5.53. The molecule has 0 saturated carbocycles. The predicted octanol–water partition coefficient (Wildman–Crippen LogP) is 0.288. The maximum Gasteiger partial charge on any atom is 0.255 e. The Kier molecular flexibility index (Phi) is 5.08. The average Bonchev–Trinajstić information content (AvgIpc) is 2.33. The summed E-state index contributed by atoms with van der Waals surface area (Å²) in [5.74, 6) is 0.304. The number of sulfone groups is 1. The van der Waals surface area contributed by atoms with Crippen molar-refractivity contribution < 1.29 is 13.2 Å². The molecular weight excluding hydrogens is 254 g/mol. The minimum absolute atomic E-state index is 0.0687. The van der Waals surface area contributed by atoms with Gasteiger partial charge in [-0.2, -0.15) is 0 Å². The van der Waals surface area contributed by atoms with Crippen LogP contribution in [0.15, 0.2) is 18.3 Å². The highest BCUT2D eigenvalue weighted by Crippen LogP contribution is 2.09. The van der Waals surface area contributed by atoms with Gasteiger partial charge in [0.05, 0.1) is 11.3 Å². The van der Waals surface area contributed by atoms with E-state index in [0.29, 0.717) is 24.3 Å². The molecule has 0 aromatic carbocycles. The molecule has 1 aromatic heterocycles. The molecule has 0 saturated heterocycles. The van der Waals surface area contributed by atoms with Crippen LogP contribution in [-0.4, -0.2) is 44.9 Å². The third-order valence-electron chi connectivity index (χ3n) is 2.27. The lowest BCUT2D eigenvalue weighted by molar-refractivity contribution is 0.0954. The summed E-state index contributed by atoms with van der Waals surface area (Å²) in [6, 6.07) is 3.33. The molecule has 0 aliphatic heterocycles. The van der Waals surface area contributed by atoms with E-state index < -0.39 is 9.84 Å². The summed E-state index contributed by atoms with van der Waals surface area (Å²) in [6.07, 6.45) is 3.17. The van der Waals surface area contributed by atoms with Crippen molar-refractivity contribution in [3.8, 4) is 0 Å². The van der Waals surface area contributed by atoms with Gasteiger partial charge in [0.25, 0.3) is 5.91 Å². The number of carbonyl (C=O) groups excluding carboxylic acids is 1. The summed E-state index contributed by atoms with van der Waals surface area (Å²) < 4.78 is 21.8. The van der Waals surface area contributed by atoms with Crippen LogP contribution in [0, 0.1) is 0 Å². The largest absolute Gasteiger partial charge is 0.372 e. The Balaban J connectivity index is 2.51. The Labute approximate surface area is 107 Å². The second-order valence-corrected chi connectivity index (χ2v) is 6.15. The Morgan fingerprint density at radius 2 is 2.17 bits per heavy atom. The van der Waals surface area contributed by atoms with Crippen molar-refractivity contribution in [2.45, 2.75) is 6.42 Å². The van der Waals surface area contributed by atoms with Crippen LogP contribution in [0.4, 0.5) is 5.82 Å². The molecule has 0 aliphatic rings. The Hall–Kier alpha value is -1.63. The molecule has 100 valence electrons. The van der Waals surface area contributed by atoms with Crippen LogP contribution in [0.3, 0.4) is 0 Å². The molecule has 1 aromatic rings. The van der Waals surface area contributed by atoms with Crippen molar-refractivity contribution in [3.05, 3.63) is 23.9 Å². The predicted molar refractivity (Wildman–Crippen MR) is 70.4 cm³/mol. The van der Waals surface area contributed by atoms with Gasteiger partial charge < -0.3 is 10.6 Å². The zero-order valence-corrected chi connectivity index (χ0v) is 11.3. The average molecular weight is 271 g/mol. The van der Waals surface area contributed by atoms with Crippen LogP contribution in [0.1, 0.15) is 16.8 Å². The minimum atomic E-state index is -2.98. The lowest BCUT2D eigenvalue weighted by atomic mass is 10.2. The fraction of sp³-hybridized carbons (Fsp3) is 0.455. The maximum absolute atomic E-state index is 11.8. The molecule has 0 aliphatic carbocycles. The second kappa shape index (κ2) is 6.34. The highest BCUT2D eigenvalue weighted by Gasteiger charge is 2.10. The highest BCUT2D eigenvalue weighted by molar-refractivity contribution is 7.90. The first-order valence-corrected chi connectivity index (χ1v) is 7.59. The molecule has 6 nitrogen and oxygen atoms in total. The second-order valence-electron chi connectivity index (χ2n) is 3.89. The molecule has 1 amide bonds. The van der Waals surface area contributed by atoms with Crippen molar-refractivity contribution in [3.63, 3.8) is 0 Å². The minimum Gasteiger partial charge on any atom is -0.372 e. The third kappa shape index (κ3) is 4.70. The molecule has 18 heavy (non-hydrogen) atoms. The third-order valence-corrected chi connectivity index (χ3v) is 3.30. The van der Waals surface area contributed by atoms with Crippen molar-refractivity contribution in [2.24, 2.45) is 0 Å². The van der Waals surface area contributed by atoms with Crippen LogP contribution < -0.4 is 10.6 Å². The number of rotatable bonds is 6. The number of carbonyl (C=O) groups is 1. The topological polar surface area (TPSA) is 88.2 Å². The van der Waals surface area contributed by atoms with Gasteiger partial charge in [0, 0.05) is 26.0 Å². The first kappa shape index (κ1) is 14.4. The van der Waals surface area contributed by atoms with Crippen molar-refractivity contribution >= 4 is 21.6 Å². The molecule has 0 atom stereocenters. The van der Waals surface area contributed by atoms with Gasteiger partial charge in [-0.1, -0.05) is 0 Å². The van der Waals surface area contributed by atoms with E-state index >= 15 is 0 Å². The smallest absolute Gasteiger partial charge is 0.255 e. The molecule has 0 fully saturated rings. The first-order chi connectivity index (χ1) is 8.44. The molecule has 0 unspecified atom stereocenters. The lowest BCUT2D eigenvalue weighted by Gasteiger charge is -2.08. The lowest BCUT2D eigenvalue weighted by Crippen LogP contribution is -2.26. The van der Waals surface area contributed by atoms with E-state index in [1.54, 1.807) is 25.4 Å². The van der Waals surface area contributed by atoms with Gasteiger partial charge >= 0.3 is 0 Å². The Morgan fingerprint density at radius 3 is 2.78 bits per heavy atom. The standard InChI is InChI=1S/C11H17N3O3S/c1-12-10-9(5-3-6-13-10)11(15)14-7-4-8-18(2,16)17/h3,5-6H,4,7-8H2,1-2H3,(H,12,13)(H,14,15). The van der Waals surface area contributed by atoms with Gasteiger partial charge in [-0.25, -0.2) is 13.4 Å². The van der Waals surface area contributed by atoms with Crippen LogP contribution in [0.5, 0.6) is 0 Å². The summed E-state index contributed by atoms with van der Waals surface area (Å²) >= 11 is 0. The number of pyridine rings is 1. The number of amides is 1. The number of hydrogen-bond acceptors (Lipinski definition) is 5. The van der Waals surface area contributed by atoms with Crippen LogP contribution >= 0.6 is 0 Å². The van der Waals surface area contributed by atoms with Crippen LogP contribution in [0.2, 0.25) is 0 Å². The van der Waals surface area contributed by atoms with Gasteiger partial charge in [0.15, 0.2) is 0 Å². The Bertz CT molecular complexity index is 514. The molecule has 0 radical (unpaired) electrons. The Morgan fingerprint density at radius 1 is 1.44 bits per heavy atom. The molecule has 7 heteroatoms. The van der Waals surface area contributed by atoms with E-state index in [9.17, 15) is 13.2 Å². The van der Waals surface area contributed by atoms with Crippen molar-refractivity contribution in [1.29, 1.82) is 0 Å². The number of hydrogen-bond donors (Lipinski definition) is 2. The zero-order valence-electron chi connectivity index (χ0n) is 10.4. The number of nitrogens with one attached hydrogen (secondary N) is 2. The van der Waals surface area contributed by atoms with Crippen molar-refractivity contribution in [2.75, 3.05) is 30.9 Å². The molecule has 2 N–H and O–H groups in total. The normalized spacial score (nSPS) is 11.0. The number of anilines is 1. The monoisotopic (exact) mass is 271 g/mol. The summed E-state index contributed by atoms with van der Waals surface area (Å²) in [5.41, 5.74) is 0.444. The van der Waals surface area contributed by atoms with Gasteiger partial charge in [0.1, 0.15) is 15.7 Å². The molecule has 0 bridgehead atoms. The van der Waals surface area contributed by atoms with E-state index in [0.717, 1.165) is 0 Å². The van der Waals surface area contributed by atoms with Gasteiger partial charge in [-0.15, -0.1) is 0 Å². The summed E-state index contributed by atoms with van der Waals surface area (Å²) in [7, 11) is -1.29. The number of nitrogens with zero attached hydrogens (tertiary/aromatic N) is 1. The quantitative estimate of drug-likeness (QED) is 0.726. The SMILES string of the molecule is CNc1ncccc1C(=O)NCCCS(C)(=O)=O. The van der Waals surface area contributed by atoms with E-state index in [-0.39, 0.29) is 11.7 Å². The summed E-state index contributed by atoms with van der Waals surface area (Å²) in [5, 5.41) is 5.49. The summed E-state index contributed by atoms with van der Waals surface area (Å²) in [6.45, 7) is 0.323. The number of aromatic nitrogens is 1. The van der Waals surface area contributed by atoms with E-state index in [2.05, 4.69) is 15.6 Å². The van der Waals surface area contributed by atoms with Gasteiger partial charge in [-0.05, 0) is 18.6 Å². The van der Waals surface area contributed by atoms with E-state index in [4.69, 9.17) is 0 Å². The van der Waals surface area contributed by atoms with Gasteiger partial charge in [-0.3, -0.25) is 4.79 Å². The van der Waals surface area contributed by atoms with Crippen LogP contribution in [0.25, 0.3) is 0 Å². The molecule has 1 heterocycles. The fourth-order valence-electron chi connectivity index (χ4n) is 1.42. The van der Waals surface area contributed by atoms with Gasteiger partial charge in [0.2, 0.25) is 0 Å². The van der Waals surface area contributed by atoms with Crippen LogP contribution in [-0.2, 0) is 9.84 Å². The zero-order chi connectivity index (χ0) is 13.6. The van der Waals surface area contributed by atoms with Crippen molar-refractivity contribution in [1.82, 2.24) is 10.3 Å². The highest BCUT2D eigenvalue weighted by atomic mass is 32.2. The fourth-order valence-corrected chi connectivity index (χ4v) is 2.09. The van der Waals surface area contributed by atoms with E-state index in [1.807, 2.05) is 0 Å². The molecular formula is C11H17N3O3S. The molecule has 0 spiro atoms. The molecule has 1 rings (SSSR count). The van der Waals surface area contributed by atoms with E-state index in [1.165, 1.54) is 6.26 Å².